The number of alkyl halides is 2. The Kier molecular flexibility index (Phi) is 3.54. The maximum Gasteiger partial charge on any atom is 0.167 e. The van der Waals surface area contributed by atoms with Crippen LogP contribution in [0.2, 0.25) is 5.02 Å². The molecule has 7 heteroatoms. The molecule has 102 valence electrons. The monoisotopic (exact) mass is 326 g/mol. The normalized spacial score (nSPS) is 11.4. The number of hydrogen-bond acceptors (Lipinski definition) is 3. The van der Waals surface area contributed by atoms with Crippen molar-refractivity contribution in [2.75, 3.05) is 0 Å². The van der Waals surface area contributed by atoms with Crippen molar-refractivity contribution in [1.82, 2.24) is 19.6 Å². The SMILES string of the molecule is Cc1cc2nc(C(Cl)Cl)nc(-c3ccc(Cl)cc3)n2n1. The molecule has 0 bridgehead atoms. The van der Waals surface area contributed by atoms with Gasteiger partial charge in [-0.1, -0.05) is 34.8 Å². The van der Waals surface area contributed by atoms with Crippen molar-refractivity contribution in [3.8, 4) is 11.4 Å². The number of nitrogens with zero attached hydrogens (tertiary/aromatic N) is 4. The summed E-state index contributed by atoms with van der Waals surface area (Å²) in [6.07, 6.45) is 0. The van der Waals surface area contributed by atoms with E-state index in [0.717, 1.165) is 11.3 Å². The molecule has 0 aliphatic heterocycles. The molecule has 0 saturated heterocycles. The number of fused-ring (bicyclic) bond motifs is 1. The average Bonchev–Trinajstić information content (AvgIpc) is 2.78. The van der Waals surface area contributed by atoms with E-state index in [2.05, 4.69) is 15.1 Å². The zero-order valence-corrected chi connectivity index (χ0v) is 12.7. The Labute approximate surface area is 130 Å². The first-order valence-electron chi connectivity index (χ1n) is 5.83. The largest absolute Gasteiger partial charge is 0.211 e. The molecular formula is C13H9Cl3N4. The predicted octanol–water partition coefficient (Wildman–Crippen LogP) is 4.23. The first-order chi connectivity index (χ1) is 9.54. The maximum absolute atomic E-state index is 5.91. The summed E-state index contributed by atoms with van der Waals surface area (Å²) in [5, 5.41) is 5.04. The van der Waals surface area contributed by atoms with Gasteiger partial charge in [0.15, 0.2) is 22.1 Å². The first kappa shape index (κ1) is 13.6. The minimum absolute atomic E-state index is 0.352. The van der Waals surface area contributed by atoms with Crippen LogP contribution in [-0.2, 0) is 0 Å². The summed E-state index contributed by atoms with van der Waals surface area (Å²) in [5.74, 6) is 0.978. The van der Waals surface area contributed by atoms with Gasteiger partial charge in [0.25, 0.3) is 0 Å². The van der Waals surface area contributed by atoms with E-state index in [1.54, 1.807) is 16.6 Å². The molecule has 2 heterocycles. The molecule has 0 fully saturated rings. The van der Waals surface area contributed by atoms with Crippen molar-refractivity contribution in [3.05, 3.63) is 46.9 Å². The summed E-state index contributed by atoms with van der Waals surface area (Å²) in [6, 6.07) is 9.16. The van der Waals surface area contributed by atoms with E-state index in [1.165, 1.54) is 0 Å². The average molecular weight is 328 g/mol. The highest BCUT2D eigenvalue weighted by Gasteiger charge is 2.15. The van der Waals surface area contributed by atoms with Crippen molar-refractivity contribution in [3.63, 3.8) is 0 Å². The van der Waals surface area contributed by atoms with Crippen molar-refractivity contribution in [1.29, 1.82) is 0 Å². The lowest BCUT2D eigenvalue weighted by Crippen LogP contribution is -2.04. The topological polar surface area (TPSA) is 43.1 Å². The maximum atomic E-state index is 5.91. The van der Waals surface area contributed by atoms with Crippen LogP contribution >= 0.6 is 34.8 Å². The third-order valence-electron chi connectivity index (χ3n) is 2.76. The number of aromatic nitrogens is 4. The Morgan fingerprint density at radius 3 is 2.45 bits per heavy atom. The van der Waals surface area contributed by atoms with Crippen LogP contribution < -0.4 is 0 Å². The lowest BCUT2D eigenvalue weighted by atomic mass is 10.2. The summed E-state index contributed by atoms with van der Waals surface area (Å²) < 4.78 is 1.66. The van der Waals surface area contributed by atoms with Gasteiger partial charge in [-0.15, -0.1) is 0 Å². The molecule has 0 N–H and O–H groups in total. The van der Waals surface area contributed by atoms with E-state index >= 15 is 0 Å². The molecule has 20 heavy (non-hydrogen) atoms. The van der Waals surface area contributed by atoms with Crippen LogP contribution in [0.1, 0.15) is 16.4 Å². The van der Waals surface area contributed by atoms with Gasteiger partial charge in [-0.2, -0.15) is 9.61 Å². The highest BCUT2D eigenvalue weighted by atomic mass is 35.5. The molecule has 0 amide bonds. The molecule has 0 atom stereocenters. The fourth-order valence-electron chi connectivity index (χ4n) is 1.90. The summed E-state index contributed by atoms with van der Waals surface area (Å²) in [7, 11) is 0. The van der Waals surface area contributed by atoms with Gasteiger partial charge in [-0.05, 0) is 31.2 Å². The van der Waals surface area contributed by atoms with Gasteiger partial charge in [-0.3, -0.25) is 0 Å². The fourth-order valence-corrected chi connectivity index (χ4v) is 2.22. The van der Waals surface area contributed by atoms with Crippen LogP contribution in [-0.4, -0.2) is 19.6 Å². The Balaban J connectivity index is 2.29. The van der Waals surface area contributed by atoms with Crippen molar-refractivity contribution in [2.24, 2.45) is 0 Å². The summed E-state index contributed by atoms with van der Waals surface area (Å²) in [4.78, 5) is 7.90. The zero-order chi connectivity index (χ0) is 14.3. The highest BCUT2D eigenvalue weighted by Crippen LogP contribution is 2.26. The molecule has 0 spiro atoms. The van der Waals surface area contributed by atoms with Crippen LogP contribution in [0.4, 0.5) is 0 Å². The van der Waals surface area contributed by atoms with Gasteiger partial charge in [-0.25, -0.2) is 9.97 Å². The van der Waals surface area contributed by atoms with Crippen LogP contribution in [0.25, 0.3) is 17.0 Å². The number of halogens is 3. The van der Waals surface area contributed by atoms with E-state index < -0.39 is 4.84 Å². The molecule has 0 unspecified atom stereocenters. The number of hydrogen-bond donors (Lipinski definition) is 0. The quantitative estimate of drug-likeness (QED) is 0.662. The Bertz CT molecular complexity index is 765. The minimum Gasteiger partial charge on any atom is -0.211 e. The number of rotatable bonds is 2. The summed E-state index contributed by atoms with van der Waals surface area (Å²) in [6.45, 7) is 1.89. The smallest absolute Gasteiger partial charge is 0.167 e. The van der Waals surface area contributed by atoms with E-state index in [-0.39, 0.29) is 0 Å². The first-order valence-corrected chi connectivity index (χ1v) is 7.08. The van der Waals surface area contributed by atoms with Crippen molar-refractivity contribution in [2.45, 2.75) is 11.8 Å². The second kappa shape index (κ2) is 5.20. The van der Waals surface area contributed by atoms with Crippen molar-refractivity contribution >= 4 is 40.4 Å². The van der Waals surface area contributed by atoms with E-state index in [9.17, 15) is 0 Å². The van der Waals surface area contributed by atoms with Crippen LogP contribution in [0.15, 0.2) is 30.3 Å². The molecule has 3 aromatic rings. The van der Waals surface area contributed by atoms with Gasteiger partial charge < -0.3 is 0 Å². The Morgan fingerprint density at radius 2 is 1.80 bits per heavy atom. The van der Waals surface area contributed by atoms with Crippen LogP contribution in [0.3, 0.4) is 0 Å². The van der Waals surface area contributed by atoms with Gasteiger partial charge in [0.1, 0.15) is 0 Å². The third-order valence-corrected chi connectivity index (χ3v) is 3.40. The third kappa shape index (κ3) is 2.46. The van der Waals surface area contributed by atoms with Crippen LogP contribution in [0, 0.1) is 6.92 Å². The summed E-state index contributed by atoms with van der Waals surface area (Å²) >= 11 is 17.7. The van der Waals surface area contributed by atoms with E-state index in [1.807, 2.05) is 25.1 Å². The lowest BCUT2D eigenvalue weighted by Gasteiger charge is -2.07. The van der Waals surface area contributed by atoms with E-state index in [4.69, 9.17) is 34.8 Å². The highest BCUT2D eigenvalue weighted by molar-refractivity contribution is 6.43. The lowest BCUT2D eigenvalue weighted by molar-refractivity contribution is 0.860. The molecule has 1 aromatic carbocycles. The molecule has 0 saturated carbocycles. The Hall–Kier alpha value is -1.36. The molecule has 3 rings (SSSR count). The van der Waals surface area contributed by atoms with Gasteiger partial charge >= 0.3 is 0 Å². The number of aryl methyl sites for hydroxylation is 1. The van der Waals surface area contributed by atoms with Gasteiger partial charge in [0.05, 0.1) is 5.69 Å². The minimum atomic E-state index is -0.791. The predicted molar refractivity (Wildman–Crippen MR) is 80.4 cm³/mol. The fraction of sp³-hybridized carbons (Fsp3) is 0.154. The molecule has 4 nitrogen and oxygen atoms in total. The number of benzene rings is 1. The van der Waals surface area contributed by atoms with Crippen molar-refractivity contribution < 1.29 is 0 Å². The second-order valence-electron chi connectivity index (χ2n) is 4.27. The molecule has 0 aliphatic carbocycles. The zero-order valence-electron chi connectivity index (χ0n) is 10.4. The molecular weight excluding hydrogens is 319 g/mol. The standard InChI is InChI=1S/C13H9Cl3N4/c1-7-6-10-17-12(11(15)16)18-13(20(10)19-7)8-2-4-9(14)5-3-8/h2-6,11H,1H3. The van der Waals surface area contributed by atoms with Crippen LogP contribution in [0.5, 0.6) is 0 Å². The van der Waals surface area contributed by atoms with E-state index in [0.29, 0.717) is 22.3 Å². The Morgan fingerprint density at radius 1 is 1.10 bits per heavy atom. The van der Waals surface area contributed by atoms with Gasteiger partial charge in [0, 0.05) is 16.7 Å². The second-order valence-corrected chi connectivity index (χ2v) is 5.80. The van der Waals surface area contributed by atoms with Gasteiger partial charge in [0.2, 0.25) is 0 Å². The molecule has 0 aliphatic rings. The molecule has 0 radical (unpaired) electrons. The summed E-state index contributed by atoms with van der Waals surface area (Å²) in [5.41, 5.74) is 2.36. The molecule has 2 aromatic heterocycles.